The standard InChI is InChI=1S/C12H12N4O4S/c13-11(20)7-2-1-3-8(4-7)16-9(5-17)14-15-12(16)21-6-10(18)19/h1-4,17H,5-6H2,(H2,13,20)(H,18,19). The van der Waals surface area contributed by atoms with E-state index in [0.717, 1.165) is 11.8 Å². The minimum Gasteiger partial charge on any atom is -0.481 e. The summed E-state index contributed by atoms with van der Waals surface area (Å²) < 4.78 is 1.49. The topological polar surface area (TPSA) is 131 Å². The van der Waals surface area contributed by atoms with E-state index in [9.17, 15) is 14.7 Å². The Bertz CT molecular complexity index is 686. The summed E-state index contributed by atoms with van der Waals surface area (Å²) in [6.45, 7) is -0.374. The van der Waals surface area contributed by atoms with Crippen LogP contribution in [0.25, 0.3) is 5.69 Å². The third-order valence-corrected chi connectivity index (χ3v) is 3.47. The number of aliphatic carboxylic acids is 1. The highest BCUT2D eigenvalue weighted by Crippen LogP contribution is 2.22. The second-order valence-electron chi connectivity index (χ2n) is 3.99. The molecule has 4 N–H and O–H groups in total. The minimum absolute atomic E-state index is 0.195. The number of nitrogens with zero attached hydrogens (tertiary/aromatic N) is 3. The van der Waals surface area contributed by atoms with Gasteiger partial charge in [0.2, 0.25) is 5.91 Å². The van der Waals surface area contributed by atoms with E-state index in [-0.39, 0.29) is 18.2 Å². The number of amides is 1. The smallest absolute Gasteiger partial charge is 0.313 e. The van der Waals surface area contributed by atoms with Crippen molar-refractivity contribution in [2.45, 2.75) is 11.8 Å². The molecular formula is C12H12N4O4S. The molecule has 0 unspecified atom stereocenters. The first-order valence-electron chi connectivity index (χ1n) is 5.83. The van der Waals surface area contributed by atoms with Crippen LogP contribution in [-0.2, 0) is 11.4 Å². The fourth-order valence-corrected chi connectivity index (χ4v) is 2.37. The summed E-state index contributed by atoms with van der Waals surface area (Å²) in [6.07, 6.45) is 0. The Morgan fingerprint density at radius 3 is 2.71 bits per heavy atom. The van der Waals surface area contributed by atoms with Crippen LogP contribution >= 0.6 is 11.8 Å². The zero-order valence-corrected chi connectivity index (χ0v) is 11.6. The van der Waals surface area contributed by atoms with Gasteiger partial charge >= 0.3 is 5.97 Å². The summed E-state index contributed by atoms with van der Waals surface area (Å²) >= 11 is 0.963. The largest absolute Gasteiger partial charge is 0.481 e. The lowest BCUT2D eigenvalue weighted by Gasteiger charge is -2.09. The number of carboxylic acids is 1. The fourth-order valence-electron chi connectivity index (χ4n) is 1.68. The Kier molecular flexibility index (Phi) is 4.55. The molecule has 0 radical (unpaired) electrons. The van der Waals surface area contributed by atoms with Crippen molar-refractivity contribution in [1.82, 2.24) is 14.8 Å². The Labute approximate surface area is 123 Å². The van der Waals surface area contributed by atoms with Gasteiger partial charge in [0.15, 0.2) is 11.0 Å². The number of carbonyl (C=O) groups excluding carboxylic acids is 1. The number of nitrogens with two attached hydrogens (primary N) is 1. The molecule has 1 aromatic heterocycles. The number of aromatic nitrogens is 3. The van der Waals surface area contributed by atoms with Crippen molar-refractivity contribution in [3.63, 3.8) is 0 Å². The molecule has 9 heteroatoms. The Hall–Kier alpha value is -2.39. The summed E-state index contributed by atoms with van der Waals surface area (Å²) in [4.78, 5) is 21.9. The monoisotopic (exact) mass is 308 g/mol. The van der Waals surface area contributed by atoms with Crippen LogP contribution in [0.5, 0.6) is 0 Å². The number of benzene rings is 1. The summed E-state index contributed by atoms with van der Waals surface area (Å²) in [5.74, 6) is -1.54. The maximum atomic E-state index is 11.2. The van der Waals surface area contributed by atoms with E-state index in [1.165, 1.54) is 10.6 Å². The highest BCUT2D eigenvalue weighted by molar-refractivity contribution is 7.99. The predicted molar refractivity (Wildman–Crippen MR) is 74.2 cm³/mol. The Morgan fingerprint density at radius 2 is 2.10 bits per heavy atom. The van der Waals surface area contributed by atoms with E-state index in [4.69, 9.17) is 10.8 Å². The number of aliphatic hydroxyl groups is 1. The number of rotatable bonds is 6. The Balaban J connectivity index is 2.45. The van der Waals surface area contributed by atoms with E-state index in [2.05, 4.69) is 10.2 Å². The van der Waals surface area contributed by atoms with E-state index in [1.54, 1.807) is 18.2 Å². The molecular weight excluding hydrogens is 296 g/mol. The third kappa shape index (κ3) is 3.38. The van der Waals surface area contributed by atoms with Crippen LogP contribution in [0.4, 0.5) is 0 Å². The van der Waals surface area contributed by atoms with Crippen molar-refractivity contribution in [2.75, 3.05) is 5.75 Å². The minimum atomic E-state index is -0.994. The molecule has 1 aromatic carbocycles. The molecule has 2 aromatic rings. The number of carbonyl (C=O) groups is 2. The van der Waals surface area contributed by atoms with Gasteiger partial charge in [0.1, 0.15) is 6.61 Å². The maximum absolute atomic E-state index is 11.2. The lowest BCUT2D eigenvalue weighted by Crippen LogP contribution is -2.12. The molecule has 0 spiro atoms. The maximum Gasteiger partial charge on any atom is 0.313 e. The number of hydrogen-bond donors (Lipinski definition) is 3. The summed E-state index contributed by atoms with van der Waals surface area (Å²) in [6, 6.07) is 6.39. The molecule has 21 heavy (non-hydrogen) atoms. The van der Waals surface area contributed by atoms with Gasteiger partial charge in [-0.15, -0.1) is 10.2 Å². The van der Waals surface area contributed by atoms with Gasteiger partial charge in [-0.3, -0.25) is 14.2 Å². The fraction of sp³-hybridized carbons (Fsp3) is 0.167. The number of hydrogen-bond acceptors (Lipinski definition) is 6. The van der Waals surface area contributed by atoms with Crippen molar-refractivity contribution in [3.05, 3.63) is 35.7 Å². The lowest BCUT2D eigenvalue weighted by molar-refractivity contribution is -0.133. The molecule has 0 aliphatic rings. The molecule has 8 nitrogen and oxygen atoms in total. The molecule has 0 aliphatic carbocycles. The number of carboxylic acid groups (broad SMARTS) is 1. The highest BCUT2D eigenvalue weighted by Gasteiger charge is 2.15. The van der Waals surface area contributed by atoms with E-state index >= 15 is 0 Å². The molecule has 0 atom stereocenters. The first-order chi connectivity index (χ1) is 10.0. The van der Waals surface area contributed by atoms with Gasteiger partial charge in [-0.1, -0.05) is 17.8 Å². The summed E-state index contributed by atoms with van der Waals surface area (Å²) in [7, 11) is 0. The van der Waals surface area contributed by atoms with Gasteiger partial charge in [0.25, 0.3) is 0 Å². The van der Waals surface area contributed by atoms with E-state index in [1.807, 2.05) is 0 Å². The van der Waals surface area contributed by atoms with Gasteiger partial charge in [-0.2, -0.15) is 0 Å². The number of primary amides is 1. The van der Waals surface area contributed by atoms with Crippen molar-refractivity contribution in [2.24, 2.45) is 5.73 Å². The summed E-state index contributed by atoms with van der Waals surface area (Å²) in [5.41, 5.74) is 6.04. The molecule has 0 saturated carbocycles. The van der Waals surface area contributed by atoms with Crippen LogP contribution in [-0.4, -0.2) is 42.6 Å². The van der Waals surface area contributed by atoms with E-state index < -0.39 is 11.9 Å². The molecule has 0 fully saturated rings. The van der Waals surface area contributed by atoms with Crippen molar-refractivity contribution in [3.8, 4) is 5.69 Å². The number of thioether (sulfide) groups is 1. The van der Waals surface area contributed by atoms with Crippen molar-refractivity contribution in [1.29, 1.82) is 0 Å². The molecule has 0 bridgehead atoms. The highest BCUT2D eigenvalue weighted by atomic mass is 32.2. The summed E-state index contributed by atoms with van der Waals surface area (Å²) in [5, 5.41) is 26.0. The van der Waals surface area contributed by atoms with Gasteiger partial charge in [0, 0.05) is 5.56 Å². The molecule has 110 valence electrons. The van der Waals surface area contributed by atoms with Crippen LogP contribution in [0.3, 0.4) is 0 Å². The van der Waals surface area contributed by atoms with Gasteiger partial charge in [0.05, 0.1) is 11.4 Å². The zero-order valence-electron chi connectivity index (χ0n) is 10.8. The Morgan fingerprint density at radius 1 is 1.33 bits per heavy atom. The predicted octanol–water partition coefficient (Wildman–Crippen LogP) is 0.0352. The average molecular weight is 308 g/mol. The molecule has 2 rings (SSSR count). The molecule has 1 amide bonds. The molecule has 1 heterocycles. The number of aliphatic hydroxyl groups excluding tert-OH is 1. The first-order valence-corrected chi connectivity index (χ1v) is 6.81. The van der Waals surface area contributed by atoms with Crippen LogP contribution in [0.1, 0.15) is 16.2 Å². The van der Waals surface area contributed by atoms with Gasteiger partial charge < -0.3 is 15.9 Å². The zero-order chi connectivity index (χ0) is 15.4. The van der Waals surface area contributed by atoms with E-state index in [0.29, 0.717) is 16.4 Å². The quantitative estimate of drug-likeness (QED) is 0.642. The molecule has 0 aliphatic heterocycles. The van der Waals surface area contributed by atoms with Crippen LogP contribution in [0.15, 0.2) is 29.4 Å². The first kappa shape index (κ1) is 15.0. The van der Waals surface area contributed by atoms with Crippen molar-refractivity contribution < 1.29 is 19.8 Å². The second-order valence-corrected chi connectivity index (χ2v) is 4.93. The van der Waals surface area contributed by atoms with Crippen LogP contribution in [0, 0.1) is 0 Å². The van der Waals surface area contributed by atoms with Crippen LogP contribution in [0.2, 0.25) is 0 Å². The second kappa shape index (κ2) is 6.37. The van der Waals surface area contributed by atoms with Crippen molar-refractivity contribution >= 4 is 23.6 Å². The lowest BCUT2D eigenvalue weighted by atomic mass is 10.2. The third-order valence-electron chi connectivity index (χ3n) is 2.56. The van der Waals surface area contributed by atoms with Crippen LogP contribution < -0.4 is 5.73 Å². The van der Waals surface area contributed by atoms with Gasteiger partial charge in [-0.25, -0.2) is 0 Å². The normalized spacial score (nSPS) is 10.5. The molecule has 0 saturated heterocycles. The SMILES string of the molecule is NC(=O)c1cccc(-n2c(CO)nnc2SCC(=O)O)c1. The van der Waals surface area contributed by atoms with Gasteiger partial charge in [-0.05, 0) is 18.2 Å². The average Bonchev–Trinajstić information content (AvgIpc) is 2.88.